The number of rotatable bonds is 2. The van der Waals surface area contributed by atoms with E-state index in [0.717, 1.165) is 0 Å². The lowest BCUT2D eigenvalue weighted by Crippen LogP contribution is -2.14. The lowest BCUT2D eigenvalue weighted by atomic mass is 10.6. The first kappa shape index (κ1) is 6.71. The lowest BCUT2D eigenvalue weighted by molar-refractivity contribution is 0.263. The van der Waals surface area contributed by atoms with E-state index in [1.165, 1.54) is 0 Å². The third kappa shape index (κ3) is 2.11. The highest BCUT2D eigenvalue weighted by molar-refractivity contribution is 8.04. The first-order valence-electron chi connectivity index (χ1n) is 2.79. The predicted octanol–water partition coefficient (Wildman–Crippen LogP) is 0.970. The largest absolute Gasteiger partial charge is 0.395 e. The van der Waals surface area contributed by atoms with Crippen LogP contribution in [0.5, 0.6) is 0 Å². The smallest absolute Gasteiger partial charge is 0.0610 e. The molecule has 9 heavy (non-hydrogen) atoms. The molecule has 0 saturated carbocycles. The highest BCUT2D eigenvalue weighted by atomic mass is 32.2. The van der Waals surface area contributed by atoms with Gasteiger partial charge in [-0.15, -0.1) is 11.8 Å². The summed E-state index contributed by atoms with van der Waals surface area (Å²) >= 11 is 1.64. The molecule has 0 bridgehead atoms. The third-order valence-corrected chi connectivity index (χ3v) is 1.58. The molecule has 1 aliphatic rings. The van der Waals surface area contributed by atoms with Gasteiger partial charge in [-0.3, -0.25) is 0 Å². The highest BCUT2D eigenvalue weighted by Crippen LogP contribution is 2.11. The number of nitrogens with zero attached hydrogens (tertiary/aromatic N) is 1. The zero-order valence-electron chi connectivity index (χ0n) is 5.03. The maximum atomic E-state index is 8.50. The molecule has 0 aliphatic carbocycles. The normalized spacial score (nSPS) is 16.8. The van der Waals surface area contributed by atoms with Gasteiger partial charge in [0.1, 0.15) is 0 Å². The van der Waals surface area contributed by atoms with E-state index in [0.29, 0.717) is 6.54 Å². The maximum absolute atomic E-state index is 8.50. The zero-order chi connectivity index (χ0) is 6.53. The van der Waals surface area contributed by atoms with Crippen molar-refractivity contribution in [1.29, 1.82) is 0 Å². The summed E-state index contributed by atoms with van der Waals surface area (Å²) in [4.78, 5) is 1.94. The van der Waals surface area contributed by atoms with E-state index >= 15 is 0 Å². The molecule has 50 valence electrons. The van der Waals surface area contributed by atoms with Crippen LogP contribution in [-0.2, 0) is 0 Å². The molecule has 0 aromatic carbocycles. The summed E-state index contributed by atoms with van der Waals surface area (Å²) in [6, 6.07) is 0. The van der Waals surface area contributed by atoms with Crippen molar-refractivity contribution in [2.45, 2.75) is 0 Å². The molecule has 3 heteroatoms. The Labute approximate surface area is 58.9 Å². The number of aliphatic hydroxyl groups is 1. The Morgan fingerprint density at radius 2 is 2.00 bits per heavy atom. The highest BCUT2D eigenvalue weighted by Gasteiger charge is 1.93. The van der Waals surface area contributed by atoms with Crippen molar-refractivity contribution in [1.82, 2.24) is 4.90 Å². The molecule has 0 amide bonds. The molecule has 0 fully saturated rings. The van der Waals surface area contributed by atoms with Crippen molar-refractivity contribution < 1.29 is 5.11 Å². The van der Waals surface area contributed by atoms with Crippen molar-refractivity contribution >= 4 is 11.8 Å². The van der Waals surface area contributed by atoms with Crippen molar-refractivity contribution in [2.24, 2.45) is 0 Å². The number of aliphatic hydroxyl groups excluding tert-OH is 1. The van der Waals surface area contributed by atoms with Gasteiger partial charge in [0.05, 0.1) is 6.61 Å². The second kappa shape index (κ2) is 3.58. The standard InChI is InChI=1S/C6H9NOS/c8-4-1-7-2-5-9-6-3-7/h2-3,5-6,8H,1,4H2. The van der Waals surface area contributed by atoms with Gasteiger partial charge in [0, 0.05) is 18.9 Å². The molecular formula is C6H9NOS. The van der Waals surface area contributed by atoms with Gasteiger partial charge >= 0.3 is 0 Å². The Morgan fingerprint density at radius 3 is 2.56 bits per heavy atom. The Balaban J connectivity index is 2.31. The summed E-state index contributed by atoms with van der Waals surface area (Å²) in [7, 11) is 0. The molecule has 0 unspecified atom stereocenters. The summed E-state index contributed by atoms with van der Waals surface area (Å²) < 4.78 is 0. The van der Waals surface area contributed by atoms with Crippen molar-refractivity contribution in [3.05, 3.63) is 23.2 Å². The Bertz CT molecular complexity index is 121. The molecule has 1 N–H and O–H groups in total. The van der Waals surface area contributed by atoms with Gasteiger partial charge in [0.2, 0.25) is 0 Å². The average Bonchev–Trinajstić information content (AvgIpc) is 1.91. The summed E-state index contributed by atoms with van der Waals surface area (Å²) in [6.45, 7) is 0.896. The van der Waals surface area contributed by atoms with E-state index < -0.39 is 0 Å². The second-order valence-electron chi connectivity index (χ2n) is 1.67. The first-order valence-corrected chi connectivity index (χ1v) is 3.73. The Morgan fingerprint density at radius 1 is 1.33 bits per heavy atom. The minimum Gasteiger partial charge on any atom is -0.395 e. The van der Waals surface area contributed by atoms with E-state index in [1.807, 2.05) is 28.1 Å². The van der Waals surface area contributed by atoms with E-state index in [9.17, 15) is 0 Å². The molecular weight excluding hydrogens is 134 g/mol. The topological polar surface area (TPSA) is 23.5 Å². The van der Waals surface area contributed by atoms with Gasteiger partial charge in [0.25, 0.3) is 0 Å². The van der Waals surface area contributed by atoms with Crippen LogP contribution in [0.25, 0.3) is 0 Å². The first-order chi connectivity index (χ1) is 4.43. The Kier molecular flexibility index (Phi) is 2.67. The molecule has 0 aromatic heterocycles. The lowest BCUT2D eigenvalue weighted by Gasteiger charge is -2.14. The van der Waals surface area contributed by atoms with Crippen LogP contribution < -0.4 is 0 Å². The van der Waals surface area contributed by atoms with Gasteiger partial charge in [0.15, 0.2) is 0 Å². The second-order valence-corrected chi connectivity index (χ2v) is 2.48. The minimum absolute atomic E-state index is 0.208. The fraction of sp³-hybridized carbons (Fsp3) is 0.333. The van der Waals surface area contributed by atoms with E-state index in [2.05, 4.69) is 0 Å². The summed E-state index contributed by atoms with van der Waals surface area (Å²) in [5.41, 5.74) is 0. The SMILES string of the molecule is OCCN1C=CSC=C1. The fourth-order valence-electron chi connectivity index (χ4n) is 0.586. The summed E-state index contributed by atoms with van der Waals surface area (Å²) in [5.74, 6) is 0. The van der Waals surface area contributed by atoms with Crippen LogP contribution in [0.3, 0.4) is 0 Å². The van der Waals surface area contributed by atoms with Gasteiger partial charge in [-0.25, -0.2) is 0 Å². The number of thioether (sulfide) groups is 1. The van der Waals surface area contributed by atoms with E-state index in [-0.39, 0.29) is 6.61 Å². The van der Waals surface area contributed by atoms with E-state index in [1.54, 1.807) is 11.8 Å². The summed E-state index contributed by atoms with van der Waals surface area (Å²) in [5, 5.41) is 12.5. The summed E-state index contributed by atoms with van der Waals surface area (Å²) in [6.07, 6.45) is 3.89. The van der Waals surface area contributed by atoms with Crippen LogP contribution in [0.2, 0.25) is 0 Å². The number of β-amino-alcohol motifs (C(OH)–C–C–N with tert-alkyl or cyclic N) is 1. The average molecular weight is 143 g/mol. The molecule has 1 rings (SSSR count). The minimum atomic E-state index is 0.208. The third-order valence-electron chi connectivity index (χ3n) is 1.02. The number of hydrogen-bond donors (Lipinski definition) is 1. The van der Waals surface area contributed by atoms with Gasteiger partial charge in [-0.2, -0.15) is 0 Å². The zero-order valence-corrected chi connectivity index (χ0v) is 5.84. The molecule has 2 nitrogen and oxygen atoms in total. The Hall–Kier alpha value is -0.410. The van der Waals surface area contributed by atoms with Gasteiger partial charge in [-0.05, 0) is 10.8 Å². The predicted molar refractivity (Wildman–Crippen MR) is 39.7 cm³/mol. The van der Waals surface area contributed by atoms with Crippen molar-refractivity contribution in [3.63, 3.8) is 0 Å². The van der Waals surface area contributed by atoms with Crippen LogP contribution in [0.15, 0.2) is 23.2 Å². The molecule has 0 spiro atoms. The molecule has 1 aliphatic heterocycles. The van der Waals surface area contributed by atoms with Crippen molar-refractivity contribution in [2.75, 3.05) is 13.2 Å². The molecule has 0 aromatic rings. The number of hydrogen-bond acceptors (Lipinski definition) is 3. The molecule has 0 atom stereocenters. The van der Waals surface area contributed by atoms with Crippen LogP contribution in [0.4, 0.5) is 0 Å². The van der Waals surface area contributed by atoms with Crippen LogP contribution in [0, 0.1) is 0 Å². The monoisotopic (exact) mass is 143 g/mol. The van der Waals surface area contributed by atoms with E-state index in [4.69, 9.17) is 5.11 Å². The fourth-order valence-corrected chi connectivity index (χ4v) is 1.13. The van der Waals surface area contributed by atoms with Gasteiger partial charge in [-0.1, -0.05) is 0 Å². The quantitative estimate of drug-likeness (QED) is 0.623. The van der Waals surface area contributed by atoms with Crippen LogP contribution >= 0.6 is 11.8 Å². The van der Waals surface area contributed by atoms with Crippen molar-refractivity contribution in [3.8, 4) is 0 Å². The molecule has 0 saturated heterocycles. The van der Waals surface area contributed by atoms with Gasteiger partial charge < -0.3 is 10.0 Å². The van der Waals surface area contributed by atoms with Crippen LogP contribution in [-0.4, -0.2) is 23.2 Å². The van der Waals surface area contributed by atoms with Crippen LogP contribution in [0.1, 0.15) is 0 Å². The maximum Gasteiger partial charge on any atom is 0.0610 e. The molecule has 0 radical (unpaired) electrons. The molecule has 1 heterocycles.